The summed E-state index contributed by atoms with van der Waals surface area (Å²) in [6, 6.07) is 24.1. The van der Waals surface area contributed by atoms with E-state index in [1.807, 2.05) is 39.8 Å². The minimum Gasteiger partial charge on any atom is -0.384 e. The van der Waals surface area contributed by atoms with E-state index in [0.717, 1.165) is 59.9 Å². The number of rotatable bonds is 5. The summed E-state index contributed by atoms with van der Waals surface area (Å²) in [5, 5.41) is 9.13. The fourth-order valence-electron chi connectivity index (χ4n) is 4.71. The number of nitrogens with two attached hydrogens (primary N) is 1. The number of amidine groups is 1. The number of halogens is 1. The number of amides is 1. The highest BCUT2D eigenvalue weighted by Crippen LogP contribution is 2.34. The van der Waals surface area contributed by atoms with Gasteiger partial charge in [-0.3, -0.25) is 10.2 Å². The molecule has 2 heterocycles. The molecule has 3 N–H and O–H groups in total. The molecule has 5 nitrogen and oxygen atoms in total. The minimum absolute atomic E-state index is 0.0121. The van der Waals surface area contributed by atoms with Crippen molar-refractivity contribution in [2.24, 2.45) is 5.73 Å². The molecule has 1 fully saturated rings. The first-order valence-electron chi connectivity index (χ1n) is 11.6. The largest absolute Gasteiger partial charge is 0.384 e. The summed E-state index contributed by atoms with van der Waals surface area (Å²) in [5.41, 5.74) is 11.1. The Balaban J connectivity index is 1.58. The van der Waals surface area contributed by atoms with Crippen LogP contribution in [0.5, 0.6) is 0 Å². The second kappa shape index (κ2) is 9.35. The van der Waals surface area contributed by atoms with E-state index in [1.54, 1.807) is 6.07 Å². The number of piperidine rings is 1. The van der Waals surface area contributed by atoms with Gasteiger partial charge in [-0.05, 0) is 42.0 Å². The van der Waals surface area contributed by atoms with Gasteiger partial charge in [0.15, 0.2) is 0 Å². The van der Waals surface area contributed by atoms with Crippen molar-refractivity contribution in [3.8, 4) is 11.1 Å². The van der Waals surface area contributed by atoms with Gasteiger partial charge in [-0.2, -0.15) is 0 Å². The Kier molecular flexibility index (Phi) is 6.12. The van der Waals surface area contributed by atoms with Gasteiger partial charge < -0.3 is 15.2 Å². The maximum atomic E-state index is 13.6. The van der Waals surface area contributed by atoms with Crippen molar-refractivity contribution in [2.75, 3.05) is 13.1 Å². The molecular weight excluding hydrogens is 444 g/mol. The number of nitrogens with one attached hydrogen (secondary N) is 1. The van der Waals surface area contributed by atoms with Crippen molar-refractivity contribution in [3.05, 3.63) is 94.6 Å². The number of carbonyl (C=O) groups excluding carboxylic acids is 1. The van der Waals surface area contributed by atoms with E-state index in [4.69, 9.17) is 22.7 Å². The number of hydrogen-bond acceptors (Lipinski definition) is 2. The highest BCUT2D eigenvalue weighted by atomic mass is 35.5. The number of nitrogen functional groups attached to an aromatic ring is 1. The molecule has 1 saturated heterocycles. The van der Waals surface area contributed by atoms with Crippen LogP contribution >= 0.6 is 11.6 Å². The Bertz CT molecular complexity index is 1350. The Morgan fingerprint density at radius 1 is 0.912 bits per heavy atom. The number of carbonyl (C=O) groups is 1. The molecule has 0 radical (unpaired) electrons. The molecule has 0 spiro atoms. The Morgan fingerprint density at radius 3 is 2.26 bits per heavy atom. The monoisotopic (exact) mass is 470 g/mol. The van der Waals surface area contributed by atoms with E-state index >= 15 is 0 Å². The third-order valence-corrected chi connectivity index (χ3v) is 6.94. The van der Waals surface area contributed by atoms with E-state index in [9.17, 15) is 4.79 Å². The Labute approximate surface area is 204 Å². The lowest BCUT2D eigenvalue weighted by molar-refractivity contribution is 0.0714. The fourth-order valence-corrected chi connectivity index (χ4v) is 5.05. The molecule has 0 bridgehead atoms. The summed E-state index contributed by atoms with van der Waals surface area (Å²) in [5.74, 6) is -0.0481. The SMILES string of the molecule is N=C(N)c1ccc2c(Cl)c(C(=O)N3CCCCC3)n(Cc3ccc(-c4ccccc4)cc3)c2c1. The van der Waals surface area contributed by atoms with E-state index in [0.29, 0.717) is 22.8 Å². The molecule has 4 aromatic rings. The smallest absolute Gasteiger partial charge is 0.272 e. The first-order chi connectivity index (χ1) is 16.5. The minimum atomic E-state index is -0.0359. The maximum Gasteiger partial charge on any atom is 0.272 e. The van der Waals surface area contributed by atoms with Gasteiger partial charge in [0, 0.05) is 30.6 Å². The van der Waals surface area contributed by atoms with Crippen LogP contribution in [0, 0.1) is 5.41 Å². The van der Waals surface area contributed by atoms with Crippen LogP contribution in [0.1, 0.15) is 40.9 Å². The molecule has 172 valence electrons. The average Bonchev–Trinajstić information content (AvgIpc) is 3.15. The van der Waals surface area contributed by atoms with Crippen molar-refractivity contribution in [2.45, 2.75) is 25.8 Å². The van der Waals surface area contributed by atoms with Crippen molar-refractivity contribution < 1.29 is 4.79 Å². The molecule has 34 heavy (non-hydrogen) atoms. The van der Waals surface area contributed by atoms with E-state index < -0.39 is 0 Å². The Hall–Kier alpha value is -3.57. The highest BCUT2D eigenvalue weighted by molar-refractivity contribution is 6.39. The summed E-state index contributed by atoms with van der Waals surface area (Å²) >= 11 is 6.83. The molecule has 1 aliphatic rings. The average molecular weight is 471 g/mol. The van der Waals surface area contributed by atoms with Crippen LogP contribution in [0.3, 0.4) is 0 Å². The van der Waals surface area contributed by atoms with Gasteiger partial charge in [0.2, 0.25) is 0 Å². The van der Waals surface area contributed by atoms with Crippen molar-refractivity contribution in [1.29, 1.82) is 5.41 Å². The van der Waals surface area contributed by atoms with Crippen molar-refractivity contribution >= 4 is 34.2 Å². The van der Waals surface area contributed by atoms with E-state index in [1.165, 1.54) is 0 Å². The molecule has 1 aromatic heterocycles. The lowest BCUT2D eigenvalue weighted by Crippen LogP contribution is -2.37. The molecule has 0 aliphatic carbocycles. The van der Waals surface area contributed by atoms with Gasteiger partial charge in [0.05, 0.1) is 10.5 Å². The van der Waals surface area contributed by atoms with Gasteiger partial charge in [0.1, 0.15) is 11.5 Å². The summed E-state index contributed by atoms with van der Waals surface area (Å²) in [7, 11) is 0. The van der Waals surface area contributed by atoms with Crippen LogP contribution in [0.15, 0.2) is 72.8 Å². The molecule has 0 saturated carbocycles. The van der Waals surface area contributed by atoms with E-state index in [2.05, 4.69) is 36.4 Å². The first kappa shape index (κ1) is 22.2. The number of benzene rings is 3. The van der Waals surface area contributed by atoms with Crippen molar-refractivity contribution in [3.63, 3.8) is 0 Å². The quantitative estimate of drug-likeness (QED) is 0.280. The second-order valence-corrected chi connectivity index (χ2v) is 9.19. The highest BCUT2D eigenvalue weighted by Gasteiger charge is 2.27. The third kappa shape index (κ3) is 4.19. The molecule has 1 aliphatic heterocycles. The van der Waals surface area contributed by atoms with Gasteiger partial charge in [-0.15, -0.1) is 0 Å². The molecule has 3 aromatic carbocycles. The van der Waals surface area contributed by atoms with Gasteiger partial charge in [-0.25, -0.2) is 0 Å². The number of hydrogen-bond donors (Lipinski definition) is 2. The second-order valence-electron chi connectivity index (χ2n) is 8.81. The summed E-state index contributed by atoms with van der Waals surface area (Å²) < 4.78 is 1.98. The summed E-state index contributed by atoms with van der Waals surface area (Å²) in [6.45, 7) is 2.00. The zero-order valence-electron chi connectivity index (χ0n) is 18.9. The summed E-state index contributed by atoms with van der Waals surface area (Å²) in [4.78, 5) is 15.5. The zero-order chi connectivity index (χ0) is 23.7. The molecule has 0 atom stereocenters. The molecular formula is C28H27ClN4O. The van der Waals surface area contributed by atoms with Crippen LogP contribution in [0.25, 0.3) is 22.0 Å². The molecule has 0 unspecified atom stereocenters. The first-order valence-corrected chi connectivity index (χ1v) is 12.0. The normalized spacial score (nSPS) is 13.9. The predicted octanol–water partition coefficient (Wildman–Crippen LogP) is 5.92. The van der Waals surface area contributed by atoms with Crippen LogP contribution in [0.4, 0.5) is 0 Å². The van der Waals surface area contributed by atoms with Crippen LogP contribution < -0.4 is 5.73 Å². The van der Waals surface area contributed by atoms with Crippen LogP contribution in [0.2, 0.25) is 5.02 Å². The lowest BCUT2D eigenvalue weighted by Gasteiger charge is -2.27. The van der Waals surface area contributed by atoms with E-state index in [-0.39, 0.29) is 11.7 Å². The zero-order valence-corrected chi connectivity index (χ0v) is 19.7. The third-order valence-electron chi connectivity index (χ3n) is 6.56. The standard InChI is InChI=1S/C28H27ClN4O/c29-25-23-14-13-22(27(30)31)17-24(23)33(26(25)28(34)32-15-5-2-6-16-32)18-19-9-11-21(12-10-19)20-7-3-1-4-8-20/h1,3-4,7-14,17H,2,5-6,15-16,18H2,(H3,30,31). The number of fused-ring (bicyclic) bond motifs is 1. The van der Waals surface area contributed by atoms with Crippen LogP contribution in [-0.4, -0.2) is 34.3 Å². The molecule has 6 heteroatoms. The number of aromatic nitrogens is 1. The molecule has 5 rings (SSSR count). The summed E-state index contributed by atoms with van der Waals surface area (Å²) in [6.07, 6.45) is 3.17. The lowest BCUT2D eigenvalue weighted by atomic mass is 10.0. The van der Waals surface area contributed by atoms with Gasteiger partial charge >= 0.3 is 0 Å². The topological polar surface area (TPSA) is 75.1 Å². The predicted molar refractivity (Wildman–Crippen MR) is 139 cm³/mol. The van der Waals surface area contributed by atoms with Crippen LogP contribution in [-0.2, 0) is 6.54 Å². The number of nitrogens with zero attached hydrogens (tertiary/aromatic N) is 2. The van der Waals surface area contributed by atoms with Crippen molar-refractivity contribution in [1.82, 2.24) is 9.47 Å². The fraction of sp³-hybridized carbons (Fsp3) is 0.214. The van der Waals surface area contributed by atoms with Gasteiger partial charge in [-0.1, -0.05) is 78.3 Å². The Morgan fingerprint density at radius 2 is 1.59 bits per heavy atom. The maximum absolute atomic E-state index is 13.6. The van der Waals surface area contributed by atoms with Gasteiger partial charge in [0.25, 0.3) is 5.91 Å². The molecule has 1 amide bonds. The number of likely N-dealkylation sites (tertiary alicyclic amines) is 1.